The van der Waals surface area contributed by atoms with E-state index in [1.165, 1.54) is 0 Å². The number of carbonyl (C=O) groups is 1. The first-order valence-corrected chi connectivity index (χ1v) is 9.76. The Labute approximate surface area is 169 Å². The number of aromatic nitrogens is 1. The van der Waals surface area contributed by atoms with E-state index in [2.05, 4.69) is 23.2 Å². The number of aliphatic hydroxyl groups is 1. The van der Waals surface area contributed by atoms with Crippen LogP contribution in [0.5, 0.6) is 0 Å². The Morgan fingerprint density at radius 3 is 2.59 bits per heavy atom. The van der Waals surface area contributed by atoms with Crippen LogP contribution in [0.3, 0.4) is 0 Å². The average molecular weight is 382 g/mol. The van der Waals surface area contributed by atoms with Gasteiger partial charge in [-0.05, 0) is 37.1 Å². The van der Waals surface area contributed by atoms with Crippen LogP contribution in [0, 0.1) is 13.8 Å². The highest BCUT2D eigenvalue weighted by Crippen LogP contribution is 2.46. The Morgan fingerprint density at radius 2 is 1.72 bits per heavy atom. The molecule has 144 valence electrons. The van der Waals surface area contributed by atoms with Gasteiger partial charge in [-0.1, -0.05) is 60.2 Å². The van der Waals surface area contributed by atoms with E-state index in [0.717, 1.165) is 33.3 Å². The lowest BCUT2D eigenvalue weighted by atomic mass is 9.87. The van der Waals surface area contributed by atoms with E-state index < -0.39 is 5.60 Å². The minimum atomic E-state index is -1.71. The van der Waals surface area contributed by atoms with Gasteiger partial charge in [0.2, 0.25) is 0 Å². The molecule has 4 aromatic rings. The molecule has 2 N–H and O–H groups in total. The Kier molecular flexibility index (Phi) is 3.86. The third kappa shape index (κ3) is 2.53. The largest absolute Gasteiger partial charge is 0.372 e. The fourth-order valence-electron chi connectivity index (χ4n) is 4.36. The van der Waals surface area contributed by atoms with Gasteiger partial charge >= 0.3 is 0 Å². The van der Waals surface area contributed by atoms with Gasteiger partial charge in [0.05, 0.1) is 12.2 Å². The fraction of sp³-hybridized carbons (Fsp3) is 0.160. The van der Waals surface area contributed by atoms with Crippen molar-refractivity contribution in [3.05, 3.63) is 101 Å². The van der Waals surface area contributed by atoms with Crippen LogP contribution >= 0.6 is 0 Å². The number of amides is 1. The molecule has 4 nitrogen and oxygen atoms in total. The van der Waals surface area contributed by atoms with Crippen LogP contribution in [0.25, 0.3) is 10.9 Å². The molecule has 5 rings (SSSR count). The van der Waals surface area contributed by atoms with Gasteiger partial charge in [-0.25, -0.2) is 0 Å². The van der Waals surface area contributed by atoms with Crippen molar-refractivity contribution >= 4 is 22.5 Å². The third-order valence-corrected chi connectivity index (χ3v) is 5.95. The lowest BCUT2D eigenvalue weighted by molar-refractivity contribution is -0.132. The van der Waals surface area contributed by atoms with Crippen molar-refractivity contribution in [1.82, 2.24) is 4.98 Å². The van der Waals surface area contributed by atoms with Crippen LogP contribution < -0.4 is 4.90 Å². The Morgan fingerprint density at radius 1 is 0.966 bits per heavy atom. The molecule has 1 aromatic heterocycles. The number of fused-ring (bicyclic) bond motifs is 2. The summed E-state index contributed by atoms with van der Waals surface area (Å²) in [7, 11) is 0. The number of aryl methyl sites for hydroxylation is 2. The summed E-state index contributed by atoms with van der Waals surface area (Å²) >= 11 is 0. The lowest BCUT2D eigenvalue weighted by Crippen LogP contribution is -2.40. The zero-order valence-corrected chi connectivity index (χ0v) is 16.4. The van der Waals surface area contributed by atoms with E-state index in [1.807, 2.05) is 62.4 Å². The molecular weight excluding hydrogens is 360 g/mol. The molecule has 1 aliphatic heterocycles. The minimum Gasteiger partial charge on any atom is -0.372 e. The SMILES string of the molecule is Cc1ccc(C)c(CN2C(=O)C(O)(c3c[nH]c4ccccc34)c3ccccc32)c1. The number of hydrogen-bond donors (Lipinski definition) is 2. The average Bonchev–Trinajstić information content (AvgIpc) is 3.25. The van der Waals surface area contributed by atoms with Gasteiger partial charge in [-0.3, -0.25) is 4.79 Å². The fourth-order valence-corrected chi connectivity index (χ4v) is 4.36. The van der Waals surface area contributed by atoms with E-state index in [1.54, 1.807) is 11.1 Å². The van der Waals surface area contributed by atoms with Crippen molar-refractivity contribution in [2.24, 2.45) is 0 Å². The topological polar surface area (TPSA) is 56.3 Å². The number of rotatable bonds is 3. The van der Waals surface area contributed by atoms with Crippen molar-refractivity contribution in [2.75, 3.05) is 4.90 Å². The number of aromatic amines is 1. The van der Waals surface area contributed by atoms with E-state index in [0.29, 0.717) is 17.7 Å². The van der Waals surface area contributed by atoms with Crippen LogP contribution in [0.15, 0.2) is 72.9 Å². The summed E-state index contributed by atoms with van der Waals surface area (Å²) in [6, 6.07) is 21.5. The second kappa shape index (κ2) is 6.33. The number of para-hydroxylation sites is 2. The van der Waals surface area contributed by atoms with Crippen molar-refractivity contribution in [2.45, 2.75) is 26.0 Å². The molecule has 0 bridgehead atoms. The van der Waals surface area contributed by atoms with Gasteiger partial charge < -0.3 is 15.0 Å². The van der Waals surface area contributed by atoms with Crippen LogP contribution in [-0.4, -0.2) is 16.0 Å². The molecule has 1 amide bonds. The predicted octanol–water partition coefficient (Wildman–Crippen LogP) is 4.57. The number of hydrogen-bond acceptors (Lipinski definition) is 2. The van der Waals surface area contributed by atoms with Crippen molar-refractivity contribution in [3.63, 3.8) is 0 Å². The molecule has 0 fully saturated rings. The predicted molar refractivity (Wildman–Crippen MR) is 115 cm³/mol. The summed E-state index contributed by atoms with van der Waals surface area (Å²) < 4.78 is 0. The standard InChI is InChI=1S/C25H22N2O2/c1-16-11-12-17(2)18(13-16)15-27-23-10-6-4-8-20(23)25(29,24(27)28)21-14-26-22-9-5-3-7-19(21)22/h3-14,26,29H,15H2,1-2H3. The molecule has 0 spiro atoms. The summed E-state index contributed by atoms with van der Waals surface area (Å²) in [5.41, 5.74) is 4.51. The maximum atomic E-state index is 13.7. The van der Waals surface area contributed by atoms with Crippen molar-refractivity contribution in [1.29, 1.82) is 0 Å². The number of nitrogens with one attached hydrogen (secondary N) is 1. The highest BCUT2D eigenvalue weighted by molar-refractivity contribution is 6.11. The van der Waals surface area contributed by atoms with Gasteiger partial charge in [-0.15, -0.1) is 0 Å². The number of H-pyrrole nitrogens is 1. The molecule has 0 aliphatic carbocycles. The van der Waals surface area contributed by atoms with Gasteiger partial charge in [0.25, 0.3) is 5.91 Å². The monoisotopic (exact) mass is 382 g/mol. The minimum absolute atomic E-state index is 0.315. The van der Waals surface area contributed by atoms with E-state index >= 15 is 0 Å². The van der Waals surface area contributed by atoms with Crippen LogP contribution in [0.4, 0.5) is 5.69 Å². The number of anilines is 1. The molecule has 0 radical (unpaired) electrons. The summed E-state index contributed by atoms with van der Waals surface area (Å²) in [6.07, 6.45) is 1.75. The number of nitrogens with zero attached hydrogens (tertiary/aromatic N) is 1. The summed E-state index contributed by atoms with van der Waals surface area (Å²) in [5.74, 6) is -0.315. The van der Waals surface area contributed by atoms with Crippen LogP contribution in [-0.2, 0) is 16.9 Å². The van der Waals surface area contributed by atoms with E-state index in [4.69, 9.17) is 0 Å². The molecule has 3 aromatic carbocycles. The first kappa shape index (κ1) is 17.7. The number of benzene rings is 3. The van der Waals surface area contributed by atoms with Crippen molar-refractivity contribution in [3.8, 4) is 0 Å². The molecule has 2 heterocycles. The smallest absolute Gasteiger partial charge is 0.268 e. The van der Waals surface area contributed by atoms with Crippen LogP contribution in [0.1, 0.15) is 27.8 Å². The van der Waals surface area contributed by atoms with Gasteiger partial charge in [-0.2, -0.15) is 0 Å². The lowest BCUT2D eigenvalue weighted by Gasteiger charge is -2.24. The molecule has 29 heavy (non-hydrogen) atoms. The first-order valence-electron chi connectivity index (χ1n) is 9.76. The number of carbonyl (C=O) groups excluding carboxylic acids is 1. The zero-order valence-electron chi connectivity index (χ0n) is 16.4. The van der Waals surface area contributed by atoms with E-state index in [9.17, 15) is 9.90 Å². The molecule has 1 atom stereocenters. The van der Waals surface area contributed by atoms with Gasteiger partial charge in [0.15, 0.2) is 5.60 Å². The Balaban J connectivity index is 1.67. The molecule has 0 saturated carbocycles. The molecular formula is C25H22N2O2. The molecule has 1 unspecified atom stereocenters. The summed E-state index contributed by atoms with van der Waals surface area (Å²) in [6.45, 7) is 4.52. The van der Waals surface area contributed by atoms with Crippen LogP contribution in [0.2, 0.25) is 0 Å². The second-order valence-electron chi connectivity index (χ2n) is 7.80. The molecule has 0 saturated heterocycles. The normalized spacial score (nSPS) is 18.4. The maximum absolute atomic E-state index is 13.7. The second-order valence-corrected chi connectivity index (χ2v) is 7.80. The molecule has 1 aliphatic rings. The Bertz CT molecular complexity index is 1260. The van der Waals surface area contributed by atoms with Gasteiger partial charge in [0.1, 0.15) is 0 Å². The highest BCUT2D eigenvalue weighted by atomic mass is 16.3. The van der Waals surface area contributed by atoms with E-state index in [-0.39, 0.29) is 5.91 Å². The zero-order chi connectivity index (χ0) is 20.2. The highest BCUT2D eigenvalue weighted by Gasteiger charge is 2.52. The molecule has 4 heteroatoms. The summed E-state index contributed by atoms with van der Waals surface area (Å²) in [5, 5.41) is 12.7. The van der Waals surface area contributed by atoms with Crippen molar-refractivity contribution < 1.29 is 9.90 Å². The summed E-state index contributed by atoms with van der Waals surface area (Å²) in [4.78, 5) is 18.6. The third-order valence-electron chi connectivity index (χ3n) is 5.95. The first-order chi connectivity index (χ1) is 14.0. The quantitative estimate of drug-likeness (QED) is 0.545. The Hall–Kier alpha value is -3.37. The maximum Gasteiger partial charge on any atom is 0.268 e. The van der Waals surface area contributed by atoms with Gasteiger partial charge in [0, 0.05) is 28.2 Å².